The smallest absolute Gasteiger partial charge is 0.394 e. The molecule has 0 radical (unpaired) electrons. The summed E-state index contributed by atoms with van der Waals surface area (Å²) in [6, 6.07) is 0. The average molecular weight is 147 g/mol. The van der Waals surface area contributed by atoms with Crippen LogP contribution in [0.2, 0.25) is 0 Å². The Kier molecular flexibility index (Phi) is 3.42. The third-order valence-corrected chi connectivity index (χ3v) is 0.752. The number of amides is 1. The molecule has 0 fully saturated rings. The molecule has 0 aliphatic rings. The van der Waals surface area contributed by atoms with Crippen molar-refractivity contribution < 1.29 is 19.8 Å². The van der Waals surface area contributed by atoms with E-state index in [2.05, 4.69) is 0 Å². The maximum absolute atomic E-state index is 10.2. The van der Waals surface area contributed by atoms with E-state index in [1.165, 1.54) is 6.92 Å². The van der Waals surface area contributed by atoms with E-state index in [0.29, 0.717) is 0 Å². The van der Waals surface area contributed by atoms with Crippen molar-refractivity contribution in [2.75, 3.05) is 6.54 Å². The second-order valence-corrected chi connectivity index (χ2v) is 1.86. The van der Waals surface area contributed by atoms with Crippen LogP contribution in [0.1, 0.15) is 6.92 Å². The van der Waals surface area contributed by atoms with Gasteiger partial charge in [0.1, 0.15) is 0 Å². The quantitative estimate of drug-likeness (QED) is 0.418. The van der Waals surface area contributed by atoms with Crippen LogP contribution in [0, 0.1) is 0 Å². The van der Waals surface area contributed by atoms with Gasteiger partial charge in [-0.05, 0) is 6.92 Å². The molecule has 0 saturated carbocycles. The van der Waals surface area contributed by atoms with E-state index in [1.807, 2.05) is 5.32 Å². The molecule has 0 spiro atoms. The number of nitrogens with one attached hydrogen (secondary N) is 1. The minimum absolute atomic E-state index is 0.0366. The van der Waals surface area contributed by atoms with Crippen LogP contribution in [0.3, 0.4) is 0 Å². The van der Waals surface area contributed by atoms with Crippen LogP contribution in [-0.2, 0) is 9.59 Å². The summed E-state index contributed by atoms with van der Waals surface area (Å²) in [5.41, 5.74) is 0. The minimum atomic E-state index is -1.54. The van der Waals surface area contributed by atoms with Crippen LogP contribution < -0.4 is 5.32 Å². The van der Waals surface area contributed by atoms with Crippen molar-refractivity contribution in [2.45, 2.75) is 13.0 Å². The van der Waals surface area contributed by atoms with Crippen molar-refractivity contribution in [2.24, 2.45) is 0 Å². The third kappa shape index (κ3) is 3.85. The highest BCUT2D eigenvalue weighted by Crippen LogP contribution is 1.74. The summed E-state index contributed by atoms with van der Waals surface area (Å²) < 4.78 is 0. The summed E-state index contributed by atoms with van der Waals surface area (Å²) in [6.45, 7) is 1.41. The molecule has 5 nitrogen and oxygen atoms in total. The lowest BCUT2D eigenvalue weighted by Crippen LogP contribution is -2.35. The molecular formula is C5H9NO4. The van der Waals surface area contributed by atoms with Crippen LogP contribution >= 0.6 is 0 Å². The van der Waals surface area contributed by atoms with Gasteiger partial charge in [-0.15, -0.1) is 0 Å². The first-order chi connectivity index (χ1) is 4.54. The first-order valence-electron chi connectivity index (χ1n) is 2.73. The van der Waals surface area contributed by atoms with Crippen molar-refractivity contribution in [1.82, 2.24) is 5.32 Å². The topological polar surface area (TPSA) is 86.6 Å². The molecule has 10 heavy (non-hydrogen) atoms. The number of carboxylic acids is 1. The van der Waals surface area contributed by atoms with E-state index < -0.39 is 18.0 Å². The molecule has 0 aliphatic carbocycles. The highest BCUT2D eigenvalue weighted by atomic mass is 16.4. The van der Waals surface area contributed by atoms with Crippen molar-refractivity contribution in [1.29, 1.82) is 0 Å². The predicted octanol–water partition coefficient (Wildman–Crippen LogP) is -1.43. The van der Waals surface area contributed by atoms with Gasteiger partial charge in [0.25, 0.3) is 0 Å². The number of aliphatic hydroxyl groups excluding tert-OH is 1. The number of carbonyl (C=O) groups excluding carboxylic acids is 1. The molecule has 0 aromatic carbocycles. The molecule has 0 bridgehead atoms. The van der Waals surface area contributed by atoms with Gasteiger partial charge in [-0.1, -0.05) is 0 Å². The van der Waals surface area contributed by atoms with Crippen LogP contribution in [0.5, 0.6) is 0 Å². The Labute approximate surface area is 57.7 Å². The van der Waals surface area contributed by atoms with E-state index in [-0.39, 0.29) is 6.54 Å². The van der Waals surface area contributed by atoms with Gasteiger partial charge in [-0.2, -0.15) is 0 Å². The standard InChI is InChI=1S/C5H9NO4/c1-3(7)2-6-4(8)5(9)10/h3,7H,2H2,1H3,(H,6,8)(H,9,10)/t3-/m0/s1. The van der Waals surface area contributed by atoms with E-state index in [1.54, 1.807) is 0 Å². The zero-order valence-electron chi connectivity index (χ0n) is 5.50. The first kappa shape index (κ1) is 8.90. The largest absolute Gasteiger partial charge is 0.474 e. The Morgan fingerprint density at radius 1 is 1.60 bits per heavy atom. The van der Waals surface area contributed by atoms with Gasteiger partial charge >= 0.3 is 11.9 Å². The fourth-order valence-corrected chi connectivity index (χ4v) is 0.316. The van der Waals surface area contributed by atoms with Crippen LogP contribution in [0.15, 0.2) is 0 Å². The minimum Gasteiger partial charge on any atom is -0.474 e. The van der Waals surface area contributed by atoms with Gasteiger partial charge in [0.15, 0.2) is 0 Å². The number of hydrogen-bond donors (Lipinski definition) is 3. The van der Waals surface area contributed by atoms with Gasteiger partial charge in [0, 0.05) is 6.54 Å². The fourth-order valence-electron chi connectivity index (χ4n) is 0.316. The van der Waals surface area contributed by atoms with E-state index >= 15 is 0 Å². The zero-order chi connectivity index (χ0) is 8.15. The predicted molar refractivity (Wildman–Crippen MR) is 32.3 cm³/mol. The summed E-state index contributed by atoms with van der Waals surface area (Å²) in [6.07, 6.45) is -0.719. The monoisotopic (exact) mass is 147 g/mol. The highest BCUT2D eigenvalue weighted by Gasteiger charge is 2.09. The lowest BCUT2D eigenvalue weighted by atomic mass is 10.4. The van der Waals surface area contributed by atoms with Crippen LogP contribution in [-0.4, -0.2) is 34.7 Å². The zero-order valence-corrected chi connectivity index (χ0v) is 5.50. The molecule has 0 aromatic heterocycles. The third-order valence-electron chi connectivity index (χ3n) is 0.752. The van der Waals surface area contributed by atoms with Crippen LogP contribution in [0.25, 0.3) is 0 Å². The lowest BCUT2D eigenvalue weighted by Gasteiger charge is -2.02. The summed E-state index contributed by atoms with van der Waals surface area (Å²) in [7, 11) is 0. The van der Waals surface area contributed by atoms with Crippen LogP contribution in [0.4, 0.5) is 0 Å². The highest BCUT2D eigenvalue weighted by molar-refractivity contribution is 6.31. The number of hydrogen-bond acceptors (Lipinski definition) is 3. The molecule has 0 saturated heterocycles. The number of rotatable bonds is 2. The summed E-state index contributed by atoms with van der Waals surface area (Å²) in [5, 5.41) is 18.6. The van der Waals surface area contributed by atoms with Gasteiger partial charge in [-0.3, -0.25) is 4.79 Å². The first-order valence-corrected chi connectivity index (χ1v) is 2.73. The number of aliphatic carboxylic acids is 1. The summed E-state index contributed by atoms with van der Waals surface area (Å²) >= 11 is 0. The Hall–Kier alpha value is -1.10. The molecule has 0 rings (SSSR count). The Balaban J connectivity index is 3.50. The van der Waals surface area contributed by atoms with Gasteiger partial charge in [0.2, 0.25) is 0 Å². The molecule has 1 amide bonds. The van der Waals surface area contributed by atoms with Gasteiger partial charge in [0.05, 0.1) is 6.10 Å². The Bertz CT molecular complexity index is 143. The molecule has 0 heterocycles. The lowest BCUT2D eigenvalue weighted by molar-refractivity contribution is -0.150. The maximum Gasteiger partial charge on any atom is 0.394 e. The number of carboxylic acid groups (broad SMARTS) is 1. The Morgan fingerprint density at radius 3 is 2.40 bits per heavy atom. The molecule has 0 aliphatic heterocycles. The summed E-state index contributed by atoms with van der Waals surface area (Å²) in [4.78, 5) is 20.0. The molecule has 0 unspecified atom stereocenters. The maximum atomic E-state index is 10.2. The average Bonchev–Trinajstić information content (AvgIpc) is 1.82. The van der Waals surface area contributed by atoms with Crippen molar-refractivity contribution in [3.8, 4) is 0 Å². The van der Waals surface area contributed by atoms with Crippen molar-refractivity contribution in [3.05, 3.63) is 0 Å². The summed E-state index contributed by atoms with van der Waals surface area (Å²) in [5.74, 6) is -2.64. The van der Waals surface area contributed by atoms with Crippen molar-refractivity contribution >= 4 is 11.9 Å². The SMILES string of the molecule is C[C@H](O)CNC(=O)C(=O)O. The molecule has 1 atom stereocenters. The molecular weight excluding hydrogens is 138 g/mol. The molecule has 5 heteroatoms. The normalized spacial score (nSPS) is 12.2. The van der Waals surface area contributed by atoms with Gasteiger partial charge in [-0.25, -0.2) is 4.79 Å². The van der Waals surface area contributed by atoms with E-state index in [4.69, 9.17) is 10.2 Å². The number of aliphatic hydroxyl groups is 1. The second-order valence-electron chi connectivity index (χ2n) is 1.86. The number of carbonyl (C=O) groups is 2. The molecule has 58 valence electrons. The second kappa shape index (κ2) is 3.84. The van der Waals surface area contributed by atoms with Crippen molar-refractivity contribution in [3.63, 3.8) is 0 Å². The van der Waals surface area contributed by atoms with Gasteiger partial charge < -0.3 is 15.5 Å². The van der Waals surface area contributed by atoms with E-state index in [9.17, 15) is 9.59 Å². The van der Waals surface area contributed by atoms with E-state index in [0.717, 1.165) is 0 Å². The molecule has 3 N–H and O–H groups in total. The molecule has 0 aromatic rings. The fraction of sp³-hybridized carbons (Fsp3) is 0.600. The Morgan fingerprint density at radius 2 is 2.10 bits per heavy atom.